The second kappa shape index (κ2) is 2.90. The number of anilines is 1. The number of aromatic nitrogens is 2. The molecular weight excluding hydrogens is 178 g/mol. The van der Waals surface area contributed by atoms with Gasteiger partial charge < -0.3 is 5.32 Å². The van der Waals surface area contributed by atoms with E-state index in [2.05, 4.69) is 5.32 Å². The largest absolute Gasteiger partial charge is 0.388 e. The normalized spacial score (nSPS) is 10.8. The SMILES string of the molecule is CNc1ccc2c(c1)n(C)c(=O)n2C. The van der Waals surface area contributed by atoms with Crippen LogP contribution in [0.4, 0.5) is 5.69 Å². The van der Waals surface area contributed by atoms with Gasteiger partial charge in [0.1, 0.15) is 0 Å². The third-order valence-corrected chi connectivity index (χ3v) is 2.56. The van der Waals surface area contributed by atoms with E-state index in [9.17, 15) is 4.79 Å². The predicted molar refractivity (Wildman–Crippen MR) is 57.7 cm³/mol. The summed E-state index contributed by atoms with van der Waals surface area (Å²) in [5.41, 5.74) is 2.92. The molecule has 0 fully saturated rings. The summed E-state index contributed by atoms with van der Waals surface area (Å²) in [7, 11) is 5.43. The molecule has 0 aliphatic rings. The van der Waals surface area contributed by atoms with Gasteiger partial charge in [0.25, 0.3) is 0 Å². The first-order valence-corrected chi connectivity index (χ1v) is 4.48. The highest BCUT2D eigenvalue weighted by atomic mass is 16.1. The maximum Gasteiger partial charge on any atom is 0.328 e. The molecule has 0 saturated carbocycles. The van der Waals surface area contributed by atoms with E-state index in [1.807, 2.05) is 25.2 Å². The number of fused-ring (bicyclic) bond motifs is 1. The van der Waals surface area contributed by atoms with Crippen molar-refractivity contribution in [3.63, 3.8) is 0 Å². The summed E-state index contributed by atoms with van der Waals surface area (Å²) >= 11 is 0. The van der Waals surface area contributed by atoms with Gasteiger partial charge in [0, 0.05) is 26.8 Å². The summed E-state index contributed by atoms with van der Waals surface area (Å²) in [5.74, 6) is 0. The number of hydrogen-bond acceptors (Lipinski definition) is 2. The van der Waals surface area contributed by atoms with Crippen molar-refractivity contribution >= 4 is 16.7 Å². The standard InChI is InChI=1S/C10H13N3O/c1-11-7-4-5-8-9(6-7)13(3)10(14)12(8)2/h4-6,11H,1-3H3. The van der Waals surface area contributed by atoms with Crippen LogP contribution >= 0.6 is 0 Å². The zero-order valence-corrected chi connectivity index (χ0v) is 8.53. The Morgan fingerprint density at radius 2 is 1.79 bits per heavy atom. The molecule has 1 N–H and O–H groups in total. The Kier molecular flexibility index (Phi) is 1.84. The van der Waals surface area contributed by atoms with E-state index in [-0.39, 0.29) is 5.69 Å². The Hall–Kier alpha value is -1.71. The average molecular weight is 191 g/mol. The average Bonchev–Trinajstić information content (AvgIpc) is 2.44. The van der Waals surface area contributed by atoms with Crippen LogP contribution in [0, 0.1) is 0 Å². The number of aryl methyl sites for hydroxylation is 2. The number of nitrogens with one attached hydrogen (secondary N) is 1. The molecule has 0 amide bonds. The molecule has 0 atom stereocenters. The molecule has 0 aliphatic heterocycles. The minimum Gasteiger partial charge on any atom is -0.388 e. The van der Waals surface area contributed by atoms with Gasteiger partial charge in [-0.3, -0.25) is 9.13 Å². The lowest BCUT2D eigenvalue weighted by molar-refractivity contribution is 0.795. The summed E-state index contributed by atoms with van der Waals surface area (Å²) in [6.07, 6.45) is 0. The number of imidazole rings is 1. The zero-order chi connectivity index (χ0) is 10.3. The van der Waals surface area contributed by atoms with Crippen molar-refractivity contribution in [1.82, 2.24) is 9.13 Å². The van der Waals surface area contributed by atoms with E-state index in [0.29, 0.717) is 0 Å². The van der Waals surface area contributed by atoms with Gasteiger partial charge in [0.2, 0.25) is 0 Å². The van der Waals surface area contributed by atoms with Crippen LogP contribution in [-0.4, -0.2) is 16.2 Å². The molecule has 1 heterocycles. The van der Waals surface area contributed by atoms with Gasteiger partial charge in [0.15, 0.2) is 0 Å². The van der Waals surface area contributed by atoms with Crippen LogP contribution in [0.25, 0.3) is 11.0 Å². The smallest absolute Gasteiger partial charge is 0.328 e. The quantitative estimate of drug-likeness (QED) is 0.728. The first-order chi connectivity index (χ1) is 6.65. The van der Waals surface area contributed by atoms with Crippen LogP contribution in [0.2, 0.25) is 0 Å². The Morgan fingerprint density at radius 3 is 2.43 bits per heavy atom. The monoisotopic (exact) mass is 191 g/mol. The lowest BCUT2D eigenvalue weighted by Gasteiger charge is -2.00. The highest BCUT2D eigenvalue weighted by Gasteiger charge is 2.06. The molecule has 0 saturated heterocycles. The zero-order valence-electron chi connectivity index (χ0n) is 8.53. The van der Waals surface area contributed by atoms with E-state index in [1.165, 1.54) is 0 Å². The van der Waals surface area contributed by atoms with Crippen LogP contribution in [0.5, 0.6) is 0 Å². The number of benzene rings is 1. The Bertz CT molecular complexity index is 536. The summed E-state index contributed by atoms with van der Waals surface area (Å²) in [4.78, 5) is 11.6. The number of hydrogen-bond donors (Lipinski definition) is 1. The molecular formula is C10H13N3O. The predicted octanol–water partition coefficient (Wildman–Crippen LogP) is 0.919. The van der Waals surface area contributed by atoms with E-state index in [1.54, 1.807) is 23.2 Å². The summed E-state index contributed by atoms with van der Waals surface area (Å²) < 4.78 is 3.30. The maximum atomic E-state index is 11.6. The van der Waals surface area contributed by atoms with Crippen molar-refractivity contribution < 1.29 is 0 Å². The maximum absolute atomic E-state index is 11.6. The second-order valence-corrected chi connectivity index (χ2v) is 3.35. The van der Waals surface area contributed by atoms with Crippen LogP contribution < -0.4 is 11.0 Å². The molecule has 4 heteroatoms. The third kappa shape index (κ3) is 1.04. The molecule has 4 nitrogen and oxygen atoms in total. The first kappa shape index (κ1) is 8.87. The van der Waals surface area contributed by atoms with E-state index in [0.717, 1.165) is 16.7 Å². The molecule has 0 unspecified atom stereocenters. The Morgan fingerprint density at radius 1 is 1.14 bits per heavy atom. The summed E-state index contributed by atoms with van der Waals surface area (Å²) in [6.45, 7) is 0. The summed E-state index contributed by atoms with van der Waals surface area (Å²) in [6, 6.07) is 5.88. The molecule has 0 aliphatic carbocycles. The van der Waals surface area contributed by atoms with Gasteiger partial charge in [-0.05, 0) is 18.2 Å². The van der Waals surface area contributed by atoms with Crippen molar-refractivity contribution in [3.05, 3.63) is 28.7 Å². The van der Waals surface area contributed by atoms with E-state index < -0.39 is 0 Å². The van der Waals surface area contributed by atoms with Crippen molar-refractivity contribution in [2.24, 2.45) is 14.1 Å². The molecule has 74 valence electrons. The van der Waals surface area contributed by atoms with Crippen molar-refractivity contribution in [2.75, 3.05) is 12.4 Å². The molecule has 2 aromatic rings. The third-order valence-electron chi connectivity index (χ3n) is 2.56. The van der Waals surface area contributed by atoms with Gasteiger partial charge in [-0.15, -0.1) is 0 Å². The molecule has 14 heavy (non-hydrogen) atoms. The Balaban J connectivity index is 2.89. The highest BCUT2D eigenvalue weighted by Crippen LogP contribution is 2.16. The molecule has 1 aromatic heterocycles. The molecule has 0 bridgehead atoms. The highest BCUT2D eigenvalue weighted by molar-refractivity contribution is 5.80. The molecule has 1 aromatic carbocycles. The molecule has 0 radical (unpaired) electrons. The number of nitrogens with zero attached hydrogens (tertiary/aromatic N) is 2. The second-order valence-electron chi connectivity index (χ2n) is 3.35. The van der Waals surface area contributed by atoms with Gasteiger partial charge in [0.05, 0.1) is 11.0 Å². The first-order valence-electron chi connectivity index (χ1n) is 4.48. The van der Waals surface area contributed by atoms with Crippen molar-refractivity contribution in [2.45, 2.75) is 0 Å². The van der Waals surface area contributed by atoms with Crippen LogP contribution in [0.15, 0.2) is 23.0 Å². The number of rotatable bonds is 1. The summed E-state index contributed by atoms with van der Waals surface area (Å²) in [5, 5.41) is 3.05. The van der Waals surface area contributed by atoms with Gasteiger partial charge in [-0.1, -0.05) is 0 Å². The fourth-order valence-corrected chi connectivity index (χ4v) is 1.66. The minimum absolute atomic E-state index is 0.00764. The van der Waals surface area contributed by atoms with Crippen LogP contribution in [-0.2, 0) is 14.1 Å². The molecule has 0 spiro atoms. The fourth-order valence-electron chi connectivity index (χ4n) is 1.66. The topological polar surface area (TPSA) is 39.0 Å². The van der Waals surface area contributed by atoms with Crippen LogP contribution in [0.3, 0.4) is 0 Å². The lowest BCUT2D eigenvalue weighted by Crippen LogP contribution is -2.19. The van der Waals surface area contributed by atoms with Crippen LogP contribution in [0.1, 0.15) is 0 Å². The van der Waals surface area contributed by atoms with E-state index in [4.69, 9.17) is 0 Å². The van der Waals surface area contributed by atoms with Crippen molar-refractivity contribution in [1.29, 1.82) is 0 Å². The minimum atomic E-state index is 0.00764. The Labute approximate surface area is 81.8 Å². The van der Waals surface area contributed by atoms with Gasteiger partial charge in [-0.25, -0.2) is 4.79 Å². The van der Waals surface area contributed by atoms with E-state index >= 15 is 0 Å². The molecule has 2 rings (SSSR count). The lowest BCUT2D eigenvalue weighted by atomic mass is 10.2. The van der Waals surface area contributed by atoms with Crippen molar-refractivity contribution in [3.8, 4) is 0 Å². The van der Waals surface area contributed by atoms with Gasteiger partial charge >= 0.3 is 5.69 Å². The van der Waals surface area contributed by atoms with Gasteiger partial charge in [-0.2, -0.15) is 0 Å². The fraction of sp³-hybridized carbons (Fsp3) is 0.300.